The fourth-order valence-corrected chi connectivity index (χ4v) is 3.49. The van der Waals surface area contributed by atoms with E-state index in [1.165, 1.54) is 0 Å². The van der Waals surface area contributed by atoms with E-state index in [0.29, 0.717) is 11.8 Å². The molecule has 0 aliphatic heterocycles. The zero-order chi connectivity index (χ0) is 15.9. The molecule has 3 rings (SSSR count). The summed E-state index contributed by atoms with van der Waals surface area (Å²) in [5, 5.41) is 10.1. The van der Waals surface area contributed by atoms with Crippen molar-refractivity contribution in [2.75, 3.05) is 16.3 Å². The molecule has 118 valence electrons. The molecule has 1 fully saturated rings. The van der Waals surface area contributed by atoms with Gasteiger partial charge in [0.2, 0.25) is 20.3 Å². The molecule has 2 heterocycles. The average Bonchev–Trinajstić information content (AvgIpc) is 2.84. The van der Waals surface area contributed by atoms with E-state index in [4.69, 9.17) is 4.42 Å². The Morgan fingerprint density at radius 1 is 1.36 bits per heavy atom. The highest BCUT2D eigenvalue weighted by Crippen LogP contribution is 2.47. The number of carbonyl (C=O) groups is 1. The number of hydrogen-bond donors (Lipinski definition) is 2. The lowest BCUT2D eigenvalue weighted by Crippen LogP contribution is -2.10. The van der Waals surface area contributed by atoms with Crippen LogP contribution in [0.4, 0.5) is 10.3 Å². The van der Waals surface area contributed by atoms with Crippen LogP contribution in [-0.4, -0.2) is 30.8 Å². The van der Waals surface area contributed by atoms with Gasteiger partial charge in [0.05, 0.1) is 6.26 Å². The average molecular weight is 342 g/mol. The zero-order valence-electron chi connectivity index (χ0n) is 11.9. The van der Waals surface area contributed by atoms with Gasteiger partial charge in [-0.3, -0.25) is 14.8 Å². The minimum atomic E-state index is -3.42. The second-order valence-electron chi connectivity index (χ2n) is 5.26. The summed E-state index contributed by atoms with van der Waals surface area (Å²) in [6.45, 7) is 2.13. The first-order chi connectivity index (χ1) is 10.3. The van der Waals surface area contributed by atoms with Crippen molar-refractivity contribution in [3.05, 3.63) is 23.7 Å². The van der Waals surface area contributed by atoms with Crippen LogP contribution in [0.3, 0.4) is 0 Å². The molecule has 1 saturated carbocycles. The van der Waals surface area contributed by atoms with Gasteiger partial charge in [0.15, 0.2) is 5.76 Å². The number of anilines is 2. The summed E-state index contributed by atoms with van der Waals surface area (Å²) >= 11 is 0.922. The number of sulfonamides is 1. The molecule has 0 spiro atoms. The topological polar surface area (TPSA) is 114 Å². The summed E-state index contributed by atoms with van der Waals surface area (Å²) < 4.78 is 29.9. The monoisotopic (exact) mass is 342 g/mol. The smallest absolute Gasteiger partial charge is 0.293 e. The summed E-state index contributed by atoms with van der Waals surface area (Å²) in [5.74, 6) is 1.56. The van der Waals surface area contributed by atoms with Gasteiger partial charge >= 0.3 is 0 Å². The normalized spacial score (nSPS) is 20.6. The summed E-state index contributed by atoms with van der Waals surface area (Å²) in [7, 11) is -3.42. The number of nitrogens with zero attached hydrogens (tertiary/aromatic N) is 2. The van der Waals surface area contributed by atoms with Gasteiger partial charge in [0, 0.05) is 5.92 Å². The molecule has 8 nitrogen and oxygen atoms in total. The van der Waals surface area contributed by atoms with Crippen LogP contribution in [0.1, 0.15) is 35.6 Å². The highest BCUT2D eigenvalue weighted by Gasteiger charge is 2.37. The van der Waals surface area contributed by atoms with Crippen molar-refractivity contribution < 1.29 is 17.6 Å². The van der Waals surface area contributed by atoms with Crippen molar-refractivity contribution in [1.29, 1.82) is 0 Å². The van der Waals surface area contributed by atoms with E-state index in [-0.39, 0.29) is 16.0 Å². The van der Waals surface area contributed by atoms with E-state index in [2.05, 4.69) is 27.2 Å². The standard InChI is InChI=1S/C12H14N4O4S2/c1-6-5-7(6)8-3-4-9(20-8)10(17)13-11-14-15-12(21-11)16-22(2,18)19/h3-4,6-7H,5H2,1-2H3,(H,15,16)(H,13,14,17)/t6-,7-/m0/s1. The molecule has 1 aliphatic rings. The molecule has 1 amide bonds. The van der Waals surface area contributed by atoms with E-state index in [0.717, 1.165) is 29.8 Å². The highest BCUT2D eigenvalue weighted by atomic mass is 32.2. The van der Waals surface area contributed by atoms with Crippen LogP contribution in [0.2, 0.25) is 0 Å². The number of hydrogen-bond acceptors (Lipinski definition) is 7. The Hall–Kier alpha value is -1.94. The van der Waals surface area contributed by atoms with Crippen LogP contribution < -0.4 is 10.0 Å². The van der Waals surface area contributed by atoms with Crippen LogP contribution in [0.25, 0.3) is 0 Å². The summed E-state index contributed by atoms with van der Waals surface area (Å²) in [6, 6.07) is 3.42. The van der Waals surface area contributed by atoms with Gasteiger partial charge in [-0.1, -0.05) is 18.3 Å². The van der Waals surface area contributed by atoms with Crippen LogP contribution in [0.15, 0.2) is 16.5 Å². The molecule has 10 heteroatoms. The third-order valence-corrected chi connectivity index (χ3v) is 4.69. The quantitative estimate of drug-likeness (QED) is 0.857. The Morgan fingerprint density at radius 3 is 2.68 bits per heavy atom. The molecule has 2 aromatic heterocycles. The van der Waals surface area contributed by atoms with E-state index in [9.17, 15) is 13.2 Å². The van der Waals surface area contributed by atoms with Gasteiger partial charge in [-0.25, -0.2) is 8.42 Å². The summed E-state index contributed by atoms with van der Waals surface area (Å²) in [6.07, 6.45) is 2.08. The van der Waals surface area contributed by atoms with Crippen LogP contribution in [-0.2, 0) is 10.0 Å². The maximum atomic E-state index is 12.0. The molecule has 22 heavy (non-hydrogen) atoms. The number of carbonyl (C=O) groups excluding carboxylic acids is 1. The number of nitrogens with one attached hydrogen (secondary N) is 2. The van der Waals surface area contributed by atoms with E-state index < -0.39 is 15.9 Å². The fourth-order valence-electron chi connectivity index (χ4n) is 2.03. The largest absolute Gasteiger partial charge is 0.456 e. The third kappa shape index (κ3) is 3.45. The first-order valence-corrected chi connectivity index (χ1v) is 9.25. The molecule has 0 unspecified atom stereocenters. The van der Waals surface area contributed by atoms with Crippen LogP contribution in [0.5, 0.6) is 0 Å². The predicted octanol–water partition coefficient (Wildman–Crippen LogP) is 1.88. The second kappa shape index (κ2) is 5.36. The lowest BCUT2D eigenvalue weighted by atomic mass is 10.3. The third-order valence-electron chi connectivity index (χ3n) is 3.24. The number of aromatic nitrogens is 2. The summed E-state index contributed by atoms with van der Waals surface area (Å²) in [4.78, 5) is 12.0. The lowest BCUT2D eigenvalue weighted by molar-refractivity contribution is 0.0994. The van der Waals surface area contributed by atoms with Crippen LogP contribution in [0, 0.1) is 5.92 Å². The van der Waals surface area contributed by atoms with Crippen molar-refractivity contribution in [3.8, 4) is 0 Å². The Morgan fingerprint density at radius 2 is 2.05 bits per heavy atom. The second-order valence-corrected chi connectivity index (χ2v) is 7.99. The predicted molar refractivity (Wildman–Crippen MR) is 81.6 cm³/mol. The van der Waals surface area contributed by atoms with Crippen molar-refractivity contribution in [1.82, 2.24) is 10.2 Å². The Bertz CT molecular complexity index is 811. The Kier molecular flexibility index (Phi) is 3.65. The van der Waals surface area contributed by atoms with Crippen molar-refractivity contribution >= 4 is 37.5 Å². The molecule has 0 saturated heterocycles. The van der Waals surface area contributed by atoms with Gasteiger partial charge in [-0.2, -0.15) is 0 Å². The van der Waals surface area contributed by atoms with Crippen molar-refractivity contribution in [2.24, 2.45) is 5.92 Å². The molecule has 2 atom stereocenters. The first-order valence-electron chi connectivity index (χ1n) is 6.54. The first kappa shape index (κ1) is 15.0. The van der Waals surface area contributed by atoms with Gasteiger partial charge in [0.25, 0.3) is 5.91 Å². The molecule has 0 radical (unpaired) electrons. The lowest BCUT2D eigenvalue weighted by Gasteiger charge is -1.97. The molecular formula is C12H14N4O4S2. The van der Waals surface area contributed by atoms with Crippen molar-refractivity contribution in [3.63, 3.8) is 0 Å². The summed E-state index contributed by atoms with van der Waals surface area (Å²) in [5.41, 5.74) is 0. The minimum absolute atomic E-state index is 0.0877. The van der Waals surface area contributed by atoms with Gasteiger partial charge in [-0.05, 0) is 24.5 Å². The number of furan rings is 1. The Labute approximate surface area is 131 Å². The maximum Gasteiger partial charge on any atom is 0.293 e. The SMILES string of the molecule is C[C@H]1C[C@@H]1c1ccc(C(=O)Nc2nnc(NS(C)(=O)=O)s2)o1. The van der Waals surface area contributed by atoms with Gasteiger partial charge < -0.3 is 4.42 Å². The van der Waals surface area contributed by atoms with E-state index in [1.807, 2.05) is 0 Å². The minimum Gasteiger partial charge on any atom is -0.456 e. The van der Waals surface area contributed by atoms with Crippen molar-refractivity contribution in [2.45, 2.75) is 19.3 Å². The highest BCUT2D eigenvalue weighted by molar-refractivity contribution is 7.92. The number of amides is 1. The van der Waals surface area contributed by atoms with E-state index >= 15 is 0 Å². The Balaban J connectivity index is 1.65. The molecule has 1 aliphatic carbocycles. The molecule has 2 N–H and O–H groups in total. The van der Waals surface area contributed by atoms with Crippen LogP contribution >= 0.6 is 11.3 Å². The zero-order valence-corrected chi connectivity index (χ0v) is 13.5. The molecule has 0 aromatic carbocycles. The fraction of sp³-hybridized carbons (Fsp3) is 0.417. The molecular weight excluding hydrogens is 328 g/mol. The van der Waals surface area contributed by atoms with Gasteiger partial charge in [-0.15, -0.1) is 10.2 Å². The molecule has 0 bridgehead atoms. The van der Waals surface area contributed by atoms with Gasteiger partial charge in [0.1, 0.15) is 5.76 Å². The maximum absolute atomic E-state index is 12.0. The molecule has 2 aromatic rings. The van der Waals surface area contributed by atoms with E-state index in [1.54, 1.807) is 12.1 Å². The number of rotatable bonds is 5.